The van der Waals surface area contributed by atoms with Crippen LogP contribution in [0.15, 0.2) is 48.7 Å². The maximum Gasteiger partial charge on any atom is 0.278 e. The first-order valence-corrected chi connectivity index (χ1v) is 11.9. The summed E-state index contributed by atoms with van der Waals surface area (Å²) in [6.07, 6.45) is 2.88. The Morgan fingerprint density at radius 3 is 2.67 bits per heavy atom. The Bertz CT molecular complexity index is 1260. The van der Waals surface area contributed by atoms with Crippen molar-refractivity contribution in [2.75, 3.05) is 56.3 Å². The number of nitrogen functional groups attached to an aromatic ring is 1. The highest BCUT2D eigenvalue weighted by molar-refractivity contribution is 6.07. The molecule has 0 saturated carbocycles. The number of amides is 2. The van der Waals surface area contributed by atoms with Gasteiger partial charge in [0.05, 0.1) is 35.4 Å². The zero-order chi connectivity index (χ0) is 25.7. The van der Waals surface area contributed by atoms with Crippen LogP contribution in [-0.4, -0.2) is 67.0 Å². The third kappa shape index (κ3) is 5.38. The molecule has 3 aromatic rings. The molecule has 10 nitrogen and oxygen atoms in total. The molecule has 4 bridgehead atoms. The van der Waals surface area contributed by atoms with Gasteiger partial charge in [0.1, 0.15) is 5.75 Å². The number of nitrogens with one attached hydrogen (secondary N) is 1. The minimum Gasteiger partial charge on any atom is -0.493 e. The summed E-state index contributed by atoms with van der Waals surface area (Å²) >= 11 is 0. The average molecular weight is 490 g/mol. The number of hydrogen-bond acceptors (Lipinski definition) is 8. The summed E-state index contributed by atoms with van der Waals surface area (Å²) in [6.45, 7) is 2.09. The van der Waals surface area contributed by atoms with Gasteiger partial charge in [0.2, 0.25) is 0 Å². The molecule has 10 heteroatoms. The van der Waals surface area contributed by atoms with E-state index in [0.29, 0.717) is 60.9 Å². The van der Waals surface area contributed by atoms with Crippen molar-refractivity contribution in [3.63, 3.8) is 0 Å². The molecular weight excluding hydrogens is 458 g/mol. The van der Waals surface area contributed by atoms with Crippen LogP contribution in [0.2, 0.25) is 0 Å². The third-order valence-corrected chi connectivity index (χ3v) is 6.02. The monoisotopic (exact) mass is 489 g/mol. The van der Waals surface area contributed by atoms with E-state index in [1.54, 1.807) is 30.1 Å². The smallest absolute Gasteiger partial charge is 0.278 e. The van der Waals surface area contributed by atoms with Gasteiger partial charge in [-0.25, -0.2) is 9.97 Å². The molecule has 2 aromatic carbocycles. The minimum absolute atomic E-state index is 0.00492. The van der Waals surface area contributed by atoms with Crippen LogP contribution in [0.3, 0.4) is 0 Å². The van der Waals surface area contributed by atoms with Crippen LogP contribution in [-0.2, 0) is 0 Å². The number of nitrogens with two attached hydrogens (primary N) is 2. The van der Waals surface area contributed by atoms with Crippen molar-refractivity contribution in [3.8, 4) is 17.0 Å². The molecule has 1 aromatic heterocycles. The number of hydrogen-bond donors (Lipinski definition) is 3. The molecule has 5 N–H and O–H groups in total. The first-order valence-electron chi connectivity index (χ1n) is 11.9. The number of anilines is 3. The lowest BCUT2D eigenvalue weighted by atomic mass is 10.1. The molecule has 0 radical (unpaired) electrons. The molecule has 0 atom stereocenters. The Balaban J connectivity index is 1.80. The van der Waals surface area contributed by atoms with Gasteiger partial charge >= 0.3 is 0 Å². The number of benzene rings is 2. The number of carbonyl (C=O) groups excluding carboxylic acids is 2. The predicted octanol–water partition coefficient (Wildman–Crippen LogP) is 2.62. The fourth-order valence-electron chi connectivity index (χ4n) is 4.02. The number of nitrogens with zero attached hydrogens (tertiary/aromatic N) is 4. The van der Waals surface area contributed by atoms with Gasteiger partial charge in [0.25, 0.3) is 11.8 Å². The Kier molecular flexibility index (Phi) is 7.65. The number of ether oxygens (including phenoxy) is 1. The lowest BCUT2D eigenvalue weighted by Gasteiger charge is -2.25. The van der Waals surface area contributed by atoms with Crippen molar-refractivity contribution in [1.82, 2.24) is 14.9 Å². The van der Waals surface area contributed by atoms with Crippen LogP contribution < -0.4 is 26.4 Å². The second kappa shape index (κ2) is 11.0. The number of rotatable bonds is 4. The second-order valence-electron chi connectivity index (χ2n) is 8.66. The zero-order valence-electron chi connectivity index (χ0n) is 20.5. The van der Waals surface area contributed by atoms with Gasteiger partial charge in [0, 0.05) is 32.7 Å². The van der Waals surface area contributed by atoms with Gasteiger partial charge in [-0.15, -0.1) is 0 Å². The normalized spacial score (nSPS) is 14.3. The average Bonchev–Trinajstić information content (AvgIpc) is 2.88. The summed E-state index contributed by atoms with van der Waals surface area (Å²) < 4.78 is 5.87. The number of aromatic nitrogens is 2. The molecule has 1 aliphatic rings. The lowest BCUT2D eigenvalue weighted by Crippen LogP contribution is -2.31. The third-order valence-electron chi connectivity index (χ3n) is 6.02. The maximum absolute atomic E-state index is 13.5. The molecule has 0 aliphatic carbocycles. The molecule has 36 heavy (non-hydrogen) atoms. The van der Waals surface area contributed by atoms with Crippen molar-refractivity contribution in [2.24, 2.45) is 5.73 Å². The summed E-state index contributed by atoms with van der Waals surface area (Å²) in [7, 11) is 3.72. The van der Waals surface area contributed by atoms with Gasteiger partial charge < -0.3 is 31.3 Å². The van der Waals surface area contributed by atoms with Crippen LogP contribution in [0.25, 0.3) is 11.3 Å². The van der Waals surface area contributed by atoms with E-state index >= 15 is 0 Å². The SMILES string of the molecule is CN1CCCN(C)c2ccccc2NC(=O)c2nc(cnc2N)-c2ccc(OCCCN)c(c2)C1=O. The number of para-hydroxylation sites is 2. The second-order valence-corrected chi connectivity index (χ2v) is 8.66. The minimum atomic E-state index is -0.465. The number of carbonyl (C=O) groups is 2. The lowest BCUT2D eigenvalue weighted by molar-refractivity contribution is 0.0789. The summed E-state index contributed by atoms with van der Waals surface area (Å²) in [4.78, 5) is 39.1. The summed E-state index contributed by atoms with van der Waals surface area (Å²) in [5.41, 5.74) is 14.5. The summed E-state index contributed by atoms with van der Waals surface area (Å²) in [5.74, 6) is -0.151. The van der Waals surface area contributed by atoms with Crippen LogP contribution in [0, 0.1) is 0 Å². The summed E-state index contributed by atoms with van der Waals surface area (Å²) in [5, 5.41) is 2.92. The molecular formula is C26H31N7O3. The highest BCUT2D eigenvalue weighted by atomic mass is 16.5. The van der Waals surface area contributed by atoms with E-state index in [4.69, 9.17) is 16.2 Å². The van der Waals surface area contributed by atoms with Crippen molar-refractivity contribution in [3.05, 3.63) is 59.9 Å². The van der Waals surface area contributed by atoms with Crippen molar-refractivity contribution in [2.45, 2.75) is 12.8 Å². The van der Waals surface area contributed by atoms with Crippen LogP contribution in [0.1, 0.15) is 33.7 Å². The predicted molar refractivity (Wildman–Crippen MR) is 140 cm³/mol. The highest BCUT2D eigenvalue weighted by Crippen LogP contribution is 2.29. The van der Waals surface area contributed by atoms with Gasteiger partial charge in [0.15, 0.2) is 11.5 Å². The van der Waals surface area contributed by atoms with Crippen LogP contribution in [0.4, 0.5) is 17.2 Å². The van der Waals surface area contributed by atoms with E-state index in [2.05, 4.69) is 15.3 Å². The van der Waals surface area contributed by atoms with E-state index in [-0.39, 0.29) is 17.4 Å². The van der Waals surface area contributed by atoms with Gasteiger partial charge in [-0.05, 0) is 49.7 Å². The molecule has 188 valence electrons. The molecule has 0 saturated heterocycles. The first kappa shape index (κ1) is 24.9. The first-order chi connectivity index (χ1) is 17.4. The largest absolute Gasteiger partial charge is 0.493 e. The Hall–Kier alpha value is -4.18. The topological polar surface area (TPSA) is 140 Å². The molecule has 0 unspecified atom stereocenters. The maximum atomic E-state index is 13.5. The van der Waals surface area contributed by atoms with Crippen LogP contribution in [0.5, 0.6) is 5.75 Å². The molecule has 0 fully saturated rings. The van der Waals surface area contributed by atoms with Gasteiger partial charge in [-0.2, -0.15) is 0 Å². The fourth-order valence-corrected chi connectivity index (χ4v) is 4.02. The van der Waals surface area contributed by atoms with E-state index in [1.807, 2.05) is 36.2 Å². The zero-order valence-corrected chi connectivity index (χ0v) is 20.5. The molecule has 0 spiro atoms. The van der Waals surface area contributed by atoms with Gasteiger partial charge in [-0.1, -0.05) is 12.1 Å². The van der Waals surface area contributed by atoms with E-state index in [1.165, 1.54) is 6.20 Å². The van der Waals surface area contributed by atoms with Crippen molar-refractivity contribution >= 4 is 29.0 Å². The Morgan fingerprint density at radius 1 is 1.08 bits per heavy atom. The fraction of sp³-hybridized carbons (Fsp3) is 0.308. The van der Waals surface area contributed by atoms with Gasteiger partial charge in [-0.3, -0.25) is 9.59 Å². The van der Waals surface area contributed by atoms with E-state index in [0.717, 1.165) is 12.1 Å². The Morgan fingerprint density at radius 2 is 1.86 bits per heavy atom. The highest BCUT2D eigenvalue weighted by Gasteiger charge is 2.22. The van der Waals surface area contributed by atoms with E-state index < -0.39 is 5.91 Å². The van der Waals surface area contributed by atoms with Crippen LogP contribution >= 0.6 is 0 Å². The number of fused-ring (bicyclic) bond motifs is 6. The quantitative estimate of drug-likeness (QED) is 0.475. The molecule has 1 aliphatic heterocycles. The molecule has 2 amide bonds. The molecule has 2 heterocycles. The standard InChI is InChI=1S/C26H31N7O3/c1-32-12-6-13-33(2)26(35)18-15-17(9-10-22(18)36-14-5-11-27)20-16-29-24(28)23(30-20)25(34)31-19-7-3-4-8-21(19)32/h3-4,7-10,15-16H,5-6,11-14,27H2,1-2H3,(H2,28,29)(H,31,34). The molecule has 4 rings (SSSR count). The van der Waals surface area contributed by atoms with E-state index in [9.17, 15) is 9.59 Å². The summed E-state index contributed by atoms with van der Waals surface area (Å²) in [6, 6.07) is 12.7. The van der Waals surface area contributed by atoms with Crippen molar-refractivity contribution in [1.29, 1.82) is 0 Å². The Labute approximate surface area is 210 Å². The van der Waals surface area contributed by atoms with Crippen molar-refractivity contribution < 1.29 is 14.3 Å².